The third-order valence-corrected chi connectivity index (χ3v) is 2.45. The maximum Gasteiger partial charge on any atom is 0.00930 e. The van der Waals surface area contributed by atoms with Crippen molar-refractivity contribution in [3.63, 3.8) is 0 Å². The molecule has 0 amide bonds. The van der Waals surface area contributed by atoms with Crippen molar-refractivity contribution in [2.75, 3.05) is 6.54 Å². The lowest BCUT2D eigenvalue weighted by Crippen LogP contribution is -2.25. The highest BCUT2D eigenvalue weighted by molar-refractivity contribution is 4.81. The Morgan fingerprint density at radius 2 is 2.11 bits per heavy atom. The Morgan fingerprint density at radius 1 is 1.33 bits per heavy atom. The van der Waals surface area contributed by atoms with Crippen molar-refractivity contribution in [3.05, 3.63) is 0 Å². The Hall–Kier alpha value is -0.0400. The highest BCUT2D eigenvalue weighted by atomic mass is 14.9. The third-order valence-electron chi connectivity index (χ3n) is 2.45. The van der Waals surface area contributed by atoms with E-state index < -0.39 is 0 Å². The smallest absolute Gasteiger partial charge is 0.00930 e. The van der Waals surface area contributed by atoms with Crippen molar-refractivity contribution >= 4 is 0 Å². The van der Waals surface area contributed by atoms with Crippen molar-refractivity contribution in [3.8, 4) is 0 Å². The molecule has 1 rings (SSSR count). The summed E-state index contributed by atoms with van der Waals surface area (Å²) in [5, 5.41) is 3.51. The van der Waals surface area contributed by atoms with Gasteiger partial charge in [-0.15, -0.1) is 0 Å². The molecule has 0 spiro atoms. The summed E-state index contributed by atoms with van der Waals surface area (Å²) in [4.78, 5) is 0. The van der Waals surface area contributed by atoms with Crippen LogP contribution in [-0.2, 0) is 0 Å². The fourth-order valence-electron chi connectivity index (χ4n) is 1.79. The van der Waals surface area contributed by atoms with E-state index in [1.165, 1.54) is 25.8 Å². The zero-order valence-electron chi connectivity index (χ0n) is 6.48. The predicted octanol–water partition coefficient (Wildman–Crippen LogP) is 1.78. The zero-order valence-corrected chi connectivity index (χ0v) is 6.48. The van der Waals surface area contributed by atoms with Gasteiger partial charge in [0.05, 0.1) is 0 Å². The topological polar surface area (TPSA) is 12.0 Å². The second-order valence-corrected chi connectivity index (χ2v) is 2.93. The molecule has 1 nitrogen and oxygen atoms in total. The van der Waals surface area contributed by atoms with Gasteiger partial charge in [-0.25, -0.2) is 0 Å². The molecule has 1 saturated heterocycles. The number of hydrogen-bond acceptors (Lipinski definition) is 1. The van der Waals surface area contributed by atoms with Crippen LogP contribution in [0.1, 0.15) is 33.1 Å². The summed E-state index contributed by atoms with van der Waals surface area (Å²) in [6, 6.07) is 0.829. The molecule has 54 valence electrons. The Bertz CT molecular complexity index is 70.6. The molecule has 0 bridgehead atoms. The van der Waals surface area contributed by atoms with Crippen LogP contribution in [0.25, 0.3) is 0 Å². The molecule has 1 heterocycles. The molecule has 0 radical (unpaired) electrons. The summed E-state index contributed by atoms with van der Waals surface area (Å²) >= 11 is 0. The average molecular weight is 127 g/mol. The van der Waals surface area contributed by atoms with E-state index in [1.54, 1.807) is 0 Å². The van der Waals surface area contributed by atoms with Crippen molar-refractivity contribution < 1.29 is 0 Å². The second kappa shape index (κ2) is 3.21. The lowest BCUT2D eigenvalue weighted by Gasteiger charge is -2.14. The van der Waals surface area contributed by atoms with E-state index >= 15 is 0 Å². The summed E-state index contributed by atoms with van der Waals surface area (Å²) in [5.41, 5.74) is 0. The monoisotopic (exact) mass is 127 g/mol. The van der Waals surface area contributed by atoms with E-state index in [9.17, 15) is 0 Å². The first kappa shape index (κ1) is 7.07. The van der Waals surface area contributed by atoms with E-state index in [2.05, 4.69) is 19.2 Å². The van der Waals surface area contributed by atoms with Gasteiger partial charge in [0.25, 0.3) is 0 Å². The molecular formula is C8H17N. The van der Waals surface area contributed by atoms with Crippen LogP contribution in [0.2, 0.25) is 0 Å². The second-order valence-electron chi connectivity index (χ2n) is 2.93. The number of rotatable bonds is 2. The van der Waals surface area contributed by atoms with Crippen molar-refractivity contribution in [2.24, 2.45) is 5.92 Å². The van der Waals surface area contributed by atoms with Crippen LogP contribution in [0.15, 0.2) is 0 Å². The minimum atomic E-state index is 0.829. The van der Waals surface area contributed by atoms with Gasteiger partial charge in [-0.2, -0.15) is 0 Å². The Morgan fingerprint density at radius 3 is 2.56 bits per heavy atom. The standard InChI is InChI=1S/C8H17N/c1-3-7-5-6-9-8(7)4-2/h7-9H,3-6H2,1-2H3. The van der Waals surface area contributed by atoms with Crippen LogP contribution in [0.4, 0.5) is 0 Å². The normalized spacial score (nSPS) is 35.3. The van der Waals surface area contributed by atoms with Gasteiger partial charge in [0.15, 0.2) is 0 Å². The molecule has 2 atom stereocenters. The predicted molar refractivity (Wildman–Crippen MR) is 40.5 cm³/mol. The van der Waals surface area contributed by atoms with Crippen LogP contribution in [-0.4, -0.2) is 12.6 Å². The van der Waals surface area contributed by atoms with Crippen molar-refractivity contribution in [1.82, 2.24) is 5.32 Å². The SMILES string of the molecule is CCC1CCNC1CC. The quantitative estimate of drug-likeness (QED) is 0.596. The van der Waals surface area contributed by atoms with Crippen molar-refractivity contribution in [1.29, 1.82) is 0 Å². The van der Waals surface area contributed by atoms with E-state index in [1.807, 2.05) is 0 Å². The molecule has 1 fully saturated rings. The number of nitrogens with one attached hydrogen (secondary N) is 1. The molecule has 1 aliphatic heterocycles. The first-order chi connectivity index (χ1) is 4.38. The van der Waals surface area contributed by atoms with Gasteiger partial charge in [-0.05, 0) is 25.3 Å². The third kappa shape index (κ3) is 1.45. The molecule has 1 aliphatic rings. The zero-order chi connectivity index (χ0) is 6.69. The van der Waals surface area contributed by atoms with Gasteiger partial charge in [-0.3, -0.25) is 0 Å². The molecule has 2 unspecified atom stereocenters. The van der Waals surface area contributed by atoms with E-state index in [0.29, 0.717) is 0 Å². The largest absolute Gasteiger partial charge is 0.314 e. The maximum atomic E-state index is 3.51. The minimum Gasteiger partial charge on any atom is -0.314 e. The molecule has 1 N–H and O–H groups in total. The summed E-state index contributed by atoms with van der Waals surface area (Å²) in [7, 11) is 0. The minimum absolute atomic E-state index is 0.829. The Balaban J connectivity index is 2.32. The van der Waals surface area contributed by atoms with Crippen LogP contribution in [0.5, 0.6) is 0 Å². The first-order valence-electron chi connectivity index (χ1n) is 4.11. The first-order valence-corrected chi connectivity index (χ1v) is 4.11. The van der Waals surface area contributed by atoms with Gasteiger partial charge < -0.3 is 5.32 Å². The molecule has 1 heteroatoms. The fourth-order valence-corrected chi connectivity index (χ4v) is 1.79. The van der Waals surface area contributed by atoms with E-state index in [4.69, 9.17) is 0 Å². The Kier molecular flexibility index (Phi) is 2.52. The lowest BCUT2D eigenvalue weighted by molar-refractivity contribution is 0.425. The average Bonchev–Trinajstić information content (AvgIpc) is 2.33. The molecule has 0 saturated carbocycles. The fraction of sp³-hybridized carbons (Fsp3) is 1.00. The highest BCUT2D eigenvalue weighted by Crippen LogP contribution is 2.20. The number of hydrogen-bond donors (Lipinski definition) is 1. The van der Waals surface area contributed by atoms with E-state index in [-0.39, 0.29) is 0 Å². The lowest BCUT2D eigenvalue weighted by atomic mass is 9.96. The van der Waals surface area contributed by atoms with Crippen LogP contribution < -0.4 is 5.32 Å². The van der Waals surface area contributed by atoms with Crippen LogP contribution in [0, 0.1) is 5.92 Å². The molecule has 0 aliphatic carbocycles. The molecular weight excluding hydrogens is 110 g/mol. The Labute approximate surface area is 57.8 Å². The van der Waals surface area contributed by atoms with Gasteiger partial charge in [0.1, 0.15) is 0 Å². The highest BCUT2D eigenvalue weighted by Gasteiger charge is 2.22. The van der Waals surface area contributed by atoms with Crippen molar-refractivity contribution in [2.45, 2.75) is 39.2 Å². The van der Waals surface area contributed by atoms with Gasteiger partial charge in [0.2, 0.25) is 0 Å². The van der Waals surface area contributed by atoms with Gasteiger partial charge in [-0.1, -0.05) is 20.3 Å². The maximum absolute atomic E-state index is 3.51. The molecule has 9 heavy (non-hydrogen) atoms. The molecule has 0 aromatic heterocycles. The summed E-state index contributed by atoms with van der Waals surface area (Å²) in [6.07, 6.45) is 4.05. The van der Waals surface area contributed by atoms with Gasteiger partial charge >= 0.3 is 0 Å². The van der Waals surface area contributed by atoms with Crippen LogP contribution >= 0.6 is 0 Å². The van der Waals surface area contributed by atoms with E-state index in [0.717, 1.165) is 12.0 Å². The molecule has 0 aromatic rings. The summed E-state index contributed by atoms with van der Waals surface area (Å²) < 4.78 is 0. The summed E-state index contributed by atoms with van der Waals surface area (Å²) in [6.45, 7) is 5.81. The van der Waals surface area contributed by atoms with Gasteiger partial charge in [0, 0.05) is 6.04 Å². The summed E-state index contributed by atoms with van der Waals surface area (Å²) in [5.74, 6) is 0.968. The van der Waals surface area contributed by atoms with Crippen LogP contribution in [0.3, 0.4) is 0 Å². The molecule has 0 aromatic carbocycles.